The van der Waals surface area contributed by atoms with E-state index in [1.165, 1.54) is 11.8 Å². The molecule has 4 aromatic rings. The number of hydrogen-bond donors (Lipinski definition) is 0. The van der Waals surface area contributed by atoms with Crippen molar-refractivity contribution in [1.29, 1.82) is 0 Å². The van der Waals surface area contributed by atoms with Crippen LogP contribution in [0, 0.1) is 0 Å². The third-order valence-corrected chi connectivity index (χ3v) is 4.61. The second-order valence-electron chi connectivity index (χ2n) is 4.19. The van der Waals surface area contributed by atoms with Crippen molar-refractivity contribution in [2.75, 3.05) is 0 Å². The van der Waals surface area contributed by atoms with Gasteiger partial charge < -0.3 is 4.52 Å². The van der Waals surface area contributed by atoms with Crippen molar-refractivity contribution in [2.24, 2.45) is 0 Å². The van der Waals surface area contributed by atoms with Crippen LogP contribution in [0.5, 0.6) is 0 Å². The summed E-state index contributed by atoms with van der Waals surface area (Å²) in [5.41, 5.74) is 0.826. The minimum absolute atomic E-state index is 0.562. The number of aromatic nitrogens is 5. The highest BCUT2D eigenvalue weighted by atomic mass is 32.2. The molecule has 6 nitrogen and oxygen atoms in total. The first kappa shape index (κ1) is 12.5. The number of nitrogens with zero attached hydrogens (tertiary/aromatic N) is 5. The normalized spacial score (nSPS) is 11.2. The van der Waals surface area contributed by atoms with Crippen molar-refractivity contribution in [2.45, 2.75) is 10.9 Å². The molecule has 8 heteroatoms. The van der Waals surface area contributed by atoms with Gasteiger partial charge in [0.2, 0.25) is 0 Å². The van der Waals surface area contributed by atoms with Crippen LogP contribution in [0.15, 0.2) is 51.6 Å². The molecule has 0 saturated heterocycles. The van der Waals surface area contributed by atoms with Crippen molar-refractivity contribution >= 4 is 28.7 Å². The highest BCUT2D eigenvalue weighted by molar-refractivity contribution is 7.98. The van der Waals surface area contributed by atoms with Gasteiger partial charge in [0, 0.05) is 6.20 Å². The summed E-state index contributed by atoms with van der Waals surface area (Å²) in [6.07, 6.45) is 1.94. The molecular formula is C13H9N5OS2. The zero-order chi connectivity index (χ0) is 14.1. The molecule has 0 fully saturated rings. The molecule has 4 rings (SSSR count). The SMILES string of the molecule is c1csc(-c2nc(CSc3nnc4ccccn34)no2)c1. The third-order valence-electron chi connectivity index (χ3n) is 2.81. The molecule has 0 radical (unpaired) electrons. The van der Waals surface area contributed by atoms with Gasteiger partial charge in [-0.1, -0.05) is 29.1 Å². The zero-order valence-corrected chi connectivity index (χ0v) is 12.3. The summed E-state index contributed by atoms with van der Waals surface area (Å²) in [4.78, 5) is 5.36. The lowest BCUT2D eigenvalue weighted by molar-refractivity contribution is 0.426. The van der Waals surface area contributed by atoms with Gasteiger partial charge in [0.25, 0.3) is 5.89 Å². The average molecular weight is 315 g/mol. The van der Waals surface area contributed by atoms with Gasteiger partial charge in [-0.25, -0.2) is 0 Å². The lowest BCUT2D eigenvalue weighted by atomic mass is 10.5. The predicted octanol–water partition coefficient (Wildman–Crippen LogP) is 3.13. The van der Waals surface area contributed by atoms with Crippen LogP contribution in [0.25, 0.3) is 16.4 Å². The van der Waals surface area contributed by atoms with Crippen molar-refractivity contribution in [3.63, 3.8) is 0 Å². The summed E-state index contributed by atoms with van der Waals surface area (Å²) in [7, 11) is 0. The van der Waals surface area contributed by atoms with E-state index < -0.39 is 0 Å². The first-order valence-electron chi connectivity index (χ1n) is 6.19. The van der Waals surface area contributed by atoms with Crippen LogP contribution >= 0.6 is 23.1 Å². The number of thioether (sulfide) groups is 1. The van der Waals surface area contributed by atoms with Crippen molar-refractivity contribution in [1.82, 2.24) is 24.7 Å². The van der Waals surface area contributed by atoms with Crippen LogP contribution < -0.4 is 0 Å². The Morgan fingerprint density at radius 3 is 3.10 bits per heavy atom. The summed E-state index contributed by atoms with van der Waals surface area (Å²) in [6.45, 7) is 0. The van der Waals surface area contributed by atoms with Crippen LogP contribution in [0.4, 0.5) is 0 Å². The molecule has 4 heterocycles. The smallest absolute Gasteiger partial charge is 0.268 e. The molecule has 0 saturated carbocycles. The number of hydrogen-bond acceptors (Lipinski definition) is 7. The Morgan fingerprint density at radius 2 is 2.19 bits per heavy atom. The molecule has 0 atom stereocenters. The summed E-state index contributed by atoms with van der Waals surface area (Å²) >= 11 is 3.11. The highest BCUT2D eigenvalue weighted by Gasteiger charge is 2.11. The second-order valence-corrected chi connectivity index (χ2v) is 6.08. The summed E-state index contributed by atoms with van der Waals surface area (Å²) in [6, 6.07) is 9.72. The van der Waals surface area contributed by atoms with E-state index in [-0.39, 0.29) is 0 Å². The first-order valence-corrected chi connectivity index (χ1v) is 8.06. The first-order chi connectivity index (χ1) is 10.4. The minimum atomic E-state index is 0.562. The molecule has 21 heavy (non-hydrogen) atoms. The van der Waals surface area contributed by atoms with E-state index >= 15 is 0 Å². The van der Waals surface area contributed by atoms with Crippen LogP contribution in [-0.4, -0.2) is 24.7 Å². The monoisotopic (exact) mass is 315 g/mol. The van der Waals surface area contributed by atoms with Gasteiger partial charge in [-0.2, -0.15) is 4.98 Å². The Labute approximate surface area is 127 Å². The average Bonchev–Trinajstić information content (AvgIpc) is 3.25. The fourth-order valence-corrected chi connectivity index (χ4v) is 3.27. The van der Waals surface area contributed by atoms with E-state index in [9.17, 15) is 0 Å². The molecule has 0 bridgehead atoms. The Hall–Kier alpha value is -2.19. The molecule has 0 aliphatic carbocycles. The molecular weight excluding hydrogens is 306 g/mol. The zero-order valence-electron chi connectivity index (χ0n) is 10.7. The van der Waals surface area contributed by atoms with Crippen LogP contribution in [0.1, 0.15) is 5.82 Å². The lowest BCUT2D eigenvalue weighted by Gasteiger charge is -1.96. The molecule has 104 valence electrons. The highest BCUT2D eigenvalue weighted by Crippen LogP contribution is 2.25. The Balaban J connectivity index is 1.52. The molecule has 0 N–H and O–H groups in total. The lowest BCUT2D eigenvalue weighted by Crippen LogP contribution is -1.89. The van der Waals surface area contributed by atoms with Crippen LogP contribution in [0.2, 0.25) is 0 Å². The van der Waals surface area contributed by atoms with E-state index in [1.807, 2.05) is 46.3 Å². The van der Waals surface area contributed by atoms with Crippen LogP contribution in [0.3, 0.4) is 0 Å². The fourth-order valence-electron chi connectivity index (χ4n) is 1.86. The third kappa shape index (κ3) is 2.43. The summed E-state index contributed by atoms with van der Waals surface area (Å²) in [5.74, 6) is 1.80. The largest absolute Gasteiger partial charge is 0.333 e. The maximum atomic E-state index is 5.26. The van der Waals surface area contributed by atoms with E-state index in [2.05, 4.69) is 20.3 Å². The van der Waals surface area contributed by atoms with Gasteiger partial charge in [-0.15, -0.1) is 21.5 Å². The van der Waals surface area contributed by atoms with Crippen molar-refractivity contribution < 1.29 is 4.52 Å². The number of fused-ring (bicyclic) bond motifs is 1. The summed E-state index contributed by atoms with van der Waals surface area (Å²) < 4.78 is 7.20. The number of rotatable bonds is 4. The second kappa shape index (κ2) is 5.30. The topological polar surface area (TPSA) is 69.1 Å². The van der Waals surface area contributed by atoms with E-state index in [1.54, 1.807) is 11.3 Å². The van der Waals surface area contributed by atoms with Crippen LogP contribution in [-0.2, 0) is 5.75 Å². The molecule has 0 amide bonds. The molecule has 0 aliphatic heterocycles. The summed E-state index contributed by atoms with van der Waals surface area (Å²) in [5, 5.41) is 15.1. The predicted molar refractivity (Wildman–Crippen MR) is 80.2 cm³/mol. The van der Waals surface area contributed by atoms with Gasteiger partial charge >= 0.3 is 0 Å². The molecule has 0 spiro atoms. The van der Waals surface area contributed by atoms with E-state index in [4.69, 9.17) is 4.52 Å². The standard InChI is InChI=1S/C13H9N5OS2/c1-2-6-18-11(5-1)15-16-13(18)21-8-10-14-12(19-17-10)9-4-3-7-20-9/h1-7H,8H2. The van der Waals surface area contributed by atoms with Gasteiger partial charge in [0.05, 0.1) is 10.6 Å². The maximum absolute atomic E-state index is 5.26. The Kier molecular flexibility index (Phi) is 3.17. The van der Waals surface area contributed by atoms with E-state index in [0.29, 0.717) is 17.5 Å². The van der Waals surface area contributed by atoms with Crippen molar-refractivity contribution in [3.05, 3.63) is 47.7 Å². The maximum Gasteiger partial charge on any atom is 0.268 e. The van der Waals surface area contributed by atoms with Gasteiger partial charge in [-0.3, -0.25) is 4.40 Å². The van der Waals surface area contributed by atoms with Gasteiger partial charge in [0.15, 0.2) is 16.6 Å². The Morgan fingerprint density at radius 1 is 1.19 bits per heavy atom. The molecule has 4 aromatic heterocycles. The van der Waals surface area contributed by atoms with Crippen molar-refractivity contribution in [3.8, 4) is 10.8 Å². The quantitative estimate of drug-likeness (QED) is 0.539. The van der Waals surface area contributed by atoms with Gasteiger partial charge in [0.1, 0.15) is 0 Å². The fraction of sp³-hybridized carbons (Fsp3) is 0.0769. The molecule has 0 aliphatic rings. The minimum Gasteiger partial charge on any atom is -0.333 e. The molecule has 0 aromatic carbocycles. The number of thiophene rings is 1. The van der Waals surface area contributed by atoms with E-state index in [0.717, 1.165) is 15.7 Å². The Bertz CT molecular complexity index is 868. The van der Waals surface area contributed by atoms with Gasteiger partial charge in [-0.05, 0) is 23.6 Å². The molecule has 0 unspecified atom stereocenters. The number of pyridine rings is 1.